The molecule has 0 atom stereocenters. The number of halogens is 1. The fourth-order valence-corrected chi connectivity index (χ4v) is 3.98. The van der Waals surface area contributed by atoms with E-state index in [2.05, 4.69) is 35.0 Å². The van der Waals surface area contributed by atoms with Gasteiger partial charge in [-0.05, 0) is 46.8 Å². The lowest BCUT2D eigenvalue weighted by molar-refractivity contribution is 0.401. The van der Waals surface area contributed by atoms with Gasteiger partial charge in [-0.1, -0.05) is 25.0 Å². The highest BCUT2D eigenvalue weighted by atomic mass is 79.9. The third-order valence-corrected chi connectivity index (χ3v) is 4.81. The van der Waals surface area contributed by atoms with E-state index in [0.29, 0.717) is 0 Å². The molecular weight excluding hydrogens is 278 g/mol. The predicted octanol–water partition coefficient (Wildman–Crippen LogP) is 3.54. The van der Waals surface area contributed by atoms with E-state index in [0.717, 1.165) is 22.3 Å². The highest BCUT2D eigenvalue weighted by molar-refractivity contribution is 9.10. The average molecular weight is 298 g/mol. The molecule has 0 radical (unpaired) electrons. The molecule has 1 fully saturated rings. The Hall–Kier alpha value is -0.540. The normalized spacial score (nSPS) is 18.4. The summed E-state index contributed by atoms with van der Waals surface area (Å²) >= 11 is 3.70. The Kier molecular flexibility index (Phi) is 3.79. The van der Waals surface area contributed by atoms with Gasteiger partial charge < -0.3 is 10.5 Å². The lowest BCUT2D eigenvalue weighted by Gasteiger charge is -2.30. The minimum Gasteiger partial charge on any atom is -0.495 e. The Bertz CT molecular complexity index is 411. The summed E-state index contributed by atoms with van der Waals surface area (Å²) in [7, 11) is 1.72. The molecule has 94 valence electrons. The molecule has 0 heterocycles. The first-order chi connectivity index (χ1) is 8.14. The second-order valence-corrected chi connectivity index (χ2v) is 5.76. The maximum absolute atomic E-state index is 6.04. The number of rotatable bonds is 3. The van der Waals surface area contributed by atoms with E-state index >= 15 is 0 Å². The van der Waals surface area contributed by atoms with Crippen LogP contribution in [0.15, 0.2) is 16.6 Å². The van der Waals surface area contributed by atoms with E-state index in [1.165, 1.54) is 31.2 Å². The Balaban J connectivity index is 2.51. The van der Waals surface area contributed by atoms with E-state index in [1.807, 2.05) is 0 Å². The highest BCUT2D eigenvalue weighted by Crippen LogP contribution is 2.46. The molecule has 1 aromatic rings. The maximum Gasteiger partial charge on any atom is 0.136 e. The zero-order valence-electron chi connectivity index (χ0n) is 10.6. The van der Waals surface area contributed by atoms with Crippen molar-refractivity contribution in [1.82, 2.24) is 0 Å². The van der Waals surface area contributed by atoms with Gasteiger partial charge >= 0.3 is 0 Å². The summed E-state index contributed by atoms with van der Waals surface area (Å²) in [6.07, 6.45) is 4.93. The Morgan fingerprint density at radius 3 is 2.53 bits per heavy atom. The first-order valence-electron chi connectivity index (χ1n) is 6.18. The molecule has 17 heavy (non-hydrogen) atoms. The minimum absolute atomic E-state index is 0.153. The van der Waals surface area contributed by atoms with Crippen molar-refractivity contribution in [3.05, 3.63) is 27.7 Å². The number of aryl methyl sites for hydroxylation is 1. The van der Waals surface area contributed by atoms with Crippen LogP contribution in [0.1, 0.15) is 36.8 Å². The van der Waals surface area contributed by atoms with Crippen molar-refractivity contribution >= 4 is 15.9 Å². The minimum atomic E-state index is 0.153. The molecule has 0 unspecified atom stereocenters. The maximum atomic E-state index is 6.04. The van der Waals surface area contributed by atoms with Gasteiger partial charge in [-0.25, -0.2) is 0 Å². The van der Waals surface area contributed by atoms with E-state index in [-0.39, 0.29) is 5.41 Å². The van der Waals surface area contributed by atoms with Crippen LogP contribution in [0.3, 0.4) is 0 Å². The van der Waals surface area contributed by atoms with Crippen LogP contribution in [0.4, 0.5) is 0 Å². The first-order valence-corrected chi connectivity index (χ1v) is 6.97. The van der Waals surface area contributed by atoms with E-state index in [4.69, 9.17) is 10.5 Å². The fraction of sp³-hybridized carbons (Fsp3) is 0.571. The van der Waals surface area contributed by atoms with Crippen molar-refractivity contribution in [2.24, 2.45) is 5.73 Å². The van der Waals surface area contributed by atoms with Crippen molar-refractivity contribution < 1.29 is 4.74 Å². The van der Waals surface area contributed by atoms with Crippen LogP contribution in [0.25, 0.3) is 0 Å². The van der Waals surface area contributed by atoms with Crippen LogP contribution in [-0.2, 0) is 5.41 Å². The summed E-state index contributed by atoms with van der Waals surface area (Å²) in [5.41, 5.74) is 8.67. The second-order valence-electron chi connectivity index (χ2n) is 4.97. The number of methoxy groups -OCH3 is 1. The summed E-state index contributed by atoms with van der Waals surface area (Å²) in [6, 6.07) is 4.34. The summed E-state index contributed by atoms with van der Waals surface area (Å²) in [6.45, 7) is 2.79. The molecule has 2 nitrogen and oxygen atoms in total. The summed E-state index contributed by atoms with van der Waals surface area (Å²) in [5.74, 6) is 0.947. The number of hydrogen-bond donors (Lipinski definition) is 1. The second kappa shape index (κ2) is 4.99. The van der Waals surface area contributed by atoms with Crippen molar-refractivity contribution in [3.8, 4) is 5.75 Å². The van der Waals surface area contributed by atoms with Gasteiger partial charge in [-0.15, -0.1) is 0 Å². The Labute approximate surface area is 112 Å². The molecule has 0 saturated heterocycles. The molecule has 0 aromatic heterocycles. The van der Waals surface area contributed by atoms with Gasteiger partial charge in [0, 0.05) is 12.0 Å². The zero-order valence-corrected chi connectivity index (χ0v) is 12.1. The molecule has 1 aliphatic rings. The Morgan fingerprint density at radius 1 is 1.35 bits per heavy atom. The SMILES string of the molecule is COc1c(C)ccc(C2(CN)CCCC2)c1Br. The van der Waals surface area contributed by atoms with Crippen LogP contribution in [0, 0.1) is 6.92 Å². The van der Waals surface area contributed by atoms with E-state index < -0.39 is 0 Å². The zero-order chi connectivity index (χ0) is 12.5. The lowest BCUT2D eigenvalue weighted by Crippen LogP contribution is -2.32. The van der Waals surface area contributed by atoms with Gasteiger partial charge in [0.15, 0.2) is 0 Å². The topological polar surface area (TPSA) is 35.2 Å². The van der Waals surface area contributed by atoms with Crippen LogP contribution < -0.4 is 10.5 Å². The van der Waals surface area contributed by atoms with Crippen molar-refractivity contribution in [1.29, 1.82) is 0 Å². The first kappa shape index (κ1) is 12.9. The van der Waals surface area contributed by atoms with Crippen LogP contribution in [0.5, 0.6) is 5.75 Å². The fourth-order valence-electron chi connectivity index (χ4n) is 2.95. The monoisotopic (exact) mass is 297 g/mol. The van der Waals surface area contributed by atoms with Crippen LogP contribution in [0.2, 0.25) is 0 Å². The van der Waals surface area contributed by atoms with E-state index in [1.54, 1.807) is 7.11 Å². The van der Waals surface area contributed by atoms with Gasteiger partial charge in [-0.2, -0.15) is 0 Å². The summed E-state index contributed by atoms with van der Waals surface area (Å²) in [4.78, 5) is 0. The van der Waals surface area contributed by atoms with Gasteiger partial charge in [-0.3, -0.25) is 0 Å². The molecule has 1 aliphatic carbocycles. The smallest absolute Gasteiger partial charge is 0.136 e. The number of ether oxygens (including phenoxy) is 1. The molecule has 0 spiro atoms. The number of hydrogen-bond acceptors (Lipinski definition) is 2. The molecule has 2 rings (SSSR count). The third kappa shape index (κ3) is 2.11. The largest absolute Gasteiger partial charge is 0.495 e. The molecular formula is C14H20BrNO. The summed E-state index contributed by atoms with van der Waals surface area (Å²) < 4.78 is 6.57. The van der Waals surface area contributed by atoms with Crippen molar-refractivity contribution in [2.75, 3.05) is 13.7 Å². The standard InChI is InChI=1S/C14H20BrNO/c1-10-5-6-11(12(15)13(10)17-2)14(9-16)7-3-4-8-14/h5-6H,3-4,7-9,16H2,1-2H3. The predicted molar refractivity (Wildman–Crippen MR) is 74.6 cm³/mol. The lowest BCUT2D eigenvalue weighted by atomic mass is 9.78. The molecule has 1 aromatic carbocycles. The molecule has 0 bridgehead atoms. The average Bonchev–Trinajstić information content (AvgIpc) is 2.79. The molecule has 0 aliphatic heterocycles. The molecule has 2 N–H and O–H groups in total. The number of benzene rings is 1. The van der Waals surface area contributed by atoms with Crippen molar-refractivity contribution in [3.63, 3.8) is 0 Å². The van der Waals surface area contributed by atoms with Crippen molar-refractivity contribution in [2.45, 2.75) is 38.0 Å². The van der Waals surface area contributed by atoms with Gasteiger partial charge in [0.2, 0.25) is 0 Å². The number of nitrogens with two attached hydrogens (primary N) is 1. The van der Waals surface area contributed by atoms with Gasteiger partial charge in [0.1, 0.15) is 5.75 Å². The van der Waals surface area contributed by atoms with Gasteiger partial charge in [0.05, 0.1) is 11.6 Å². The third-order valence-electron chi connectivity index (χ3n) is 4.02. The quantitative estimate of drug-likeness (QED) is 0.926. The molecule has 0 amide bonds. The van der Waals surface area contributed by atoms with Gasteiger partial charge in [0.25, 0.3) is 0 Å². The Morgan fingerprint density at radius 2 is 2.00 bits per heavy atom. The summed E-state index contributed by atoms with van der Waals surface area (Å²) in [5, 5.41) is 0. The molecule has 1 saturated carbocycles. The van der Waals surface area contributed by atoms with Crippen LogP contribution in [-0.4, -0.2) is 13.7 Å². The van der Waals surface area contributed by atoms with Crippen LogP contribution >= 0.6 is 15.9 Å². The highest BCUT2D eigenvalue weighted by Gasteiger charge is 2.36. The molecule has 3 heteroatoms. The van der Waals surface area contributed by atoms with E-state index in [9.17, 15) is 0 Å².